The molecule has 0 N–H and O–H groups in total. The lowest BCUT2D eigenvalue weighted by Crippen LogP contribution is -2.33. The van der Waals surface area contributed by atoms with Crippen molar-refractivity contribution in [3.05, 3.63) is 121 Å². The maximum atomic E-state index is 13.5. The van der Waals surface area contributed by atoms with E-state index >= 15 is 0 Å². The normalized spacial score (nSPS) is 15.2. The molecule has 0 spiro atoms. The molecule has 0 atom stereocenters. The molecule has 7 heteroatoms. The average molecular weight is 579 g/mol. The van der Waals surface area contributed by atoms with Crippen LogP contribution in [-0.4, -0.2) is 11.1 Å². The minimum Gasteiger partial charge on any atom is -0.439 e. The van der Waals surface area contributed by atoms with Crippen LogP contribution in [0.25, 0.3) is 34.0 Å². The Labute approximate surface area is 247 Å². The van der Waals surface area contributed by atoms with E-state index in [2.05, 4.69) is 90.1 Å². The van der Waals surface area contributed by atoms with Crippen LogP contribution < -0.4 is 29.0 Å². The monoisotopic (exact) mass is 578 g/mol. The molecular formula is C34H32N3O2S2+. The van der Waals surface area contributed by atoms with Crippen molar-refractivity contribution in [1.29, 1.82) is 0 Å². The number of rotatable bonds is 7. The van der Waals surface area contributed by atoms with Gasteiger partial charge in [-0.25, -0.2) is 0 Å². The molecule has 0 aliphatic carbocycles. The van der Waals surface area contributed by atoms with Gasteiger partial charge >= 0.3 is 0 Å². The fourth-order valence-corrected chi connectivity index (χ4v) is 7.44. The summed E-state index contributed by atoms with van der Waals surface area (Å²) >= 11 is 3.30. The number of aromatic nitrogens is 2. The largest absolute Gasteiger partial charge is 0.439 e. The lowest BCUT2D eigenvalue weighted by molar-refractivity contribution is -0.665. The molecule has 206 valence electrons. The van der Waals surface area contributed by atoms with E-state index in [1.165, 1.54) is 26.6 Å². The van der Waals surface area contributed by atoms with Crippen molar-refractivity contribution in [3.63, 3.8) is 0 Å². The predicted molar refractivity (Wildman–Crippen MR) is 173 cm³/mol. The number of anilines is 1. The zero-order valence-corrected chi connectivity index (χ0v) is 25.0. The highest BCUT2D eigenvalue weighted by atomic mass is 32.1. The number of aryl methyl sites for hydroxylation is 1. The molecule has 0 amide bonds. The number of fused-ring (bicyclic) bond motifs is 2. The summed E-state index contributed by atoms with van der Waals surface area (Å²) in [7, 11) is 0. The van der Waals surface area contributed by atoms with Crippen molar-refractivity contribution >= 4 is 62.4 Å². The first-order valence-electron chi connectivity index (χ1n) is 14.0. The third-order valence-electron chi connectivity index (χ3n) is 7.20. The van der Waals surface area contributed by atoms with Gasteiger partial charge in [0.2, 0.25) is 11.4 Å². The predicted octanol–water partition coefficient (Wildman–Crippen LogP) is 6.01. The SMILES string of the molecule is CCN1C(=CC=c2s/c(=C\C(=C\c3sc4ccccc4[n+]3CC)c3ccccc3)n(CC)c2=O)Oc2ccccc21. The Bertz CT molecular complexity index is 1960. The van der Waals surface area contributed by atoms with Crippen LogP contribution in [0.4, 0.5) is 5.69 Å². The van der Waals surface area contributed by atoms with Gasteiger partial charge in [0.05, 0.1) is 14.9 Å². The summed E-state index contributed by atoms with van der Waals surface area (Å²) in [5, 5.41) is 1.18. The van der Waals surface area contributed by atoms with Crippen LogP contribution in [0.2, 0.25) is 0 Å². The van der Waals surface area contributed by atoms with Gasteiger partial charge in [-0.3, -0.25) is 9.36 Å². The van der Waals surface area contributed by atoms with Gasteiger partial charge in [0.25, 0.3) is 10.6 Å². The number of benzene rings is 3. The molecule has 5 aromatic rings. The molecular weight excluding hydrogens is 547 g/mol. The number of hydrogen-bond donors (Lipinski definition) is 0. The molecule has 6 rings (SSSR count). The highest BCUT2D eigenvalue weighted by Gasteiger charge is 2.24. The van der Waals surface area contributed by atoms with E-state index in [9.17, 15) is 4.79 Å². The molecule has 41 heavy (non-hydrogen) atoms. The first-order chi connectivity index (χ1) is 20.1. The zero-order chi connectivity index (χ0) is 28.3. The molecule has 2 aromatic heterocycles. The van der Waals surface area contributed by atoms with Gasteiger partial charge in [-0.1, -0.05) is 65.9 Å². The molecule has 0 radical (unpaired) electrons. The summed E-state index contributed by atoms with van der Waals surface area (Å²) in [6, 6.07) is 26.9. The zero-order valence-electron chi connectivity index (χ0n) is 23.4. The Balaban J connectivity index is 1.48. The van der Waals surface area contributed by atoms with Crippen LogP contribution in [-0.2, 0) is 13.1 Å². The van der Waals surface area contributed by atoms with E-state index in [0.29, 0.717) is 11.1 Å². The number of hydrogen-bond acceptors (Lipinski definition) is 5. The smallest absolute Gasteiger partial charge is 0.269 e. The molecule has 0 saturated heterocycles. The molecule has 0 unspecified atom stereocenters. The van der Waals surface area contributed by atoms with Crippen LogP contribution in [0.1, 0.15) is 31.3 Å². The highest BCUT2D eigenvalue weighted by molar-refractivity contribution is 7.19. The Kier molecular flexibility index (Phi) is 7.72. The van der Waals surface area contributed by atoms with Crippen molar-refractivity contribution in [2.45, 2.75) is 33.9 Å². The van der Waals surface area contributed by atoms with E-state index in [-0.39, 0.29) is 5.56 Å². The molecule has 5 nitrogen and oxygen atoms in total. The first-order valence-corrected chi connectivity index (χ1v) is 15.6. The van der Waals surface area contributed by atoms with E-state index in [4.69, 9.17) is 4.74 Å². The Morgan fingerprint density at radius 2 is 1.63 bits per heavy atom. The highest BCUT2D eigenvalue weighted by Crippen LogP contribution is 2.38. The lowest BCUT2D eigenvalue weighted by Gasteiger charge is -2.14. The van der Waals surface area contributed by atoms with Crippen molar-refractivity contribution in [3.8, 4) is 5.75 Å². The van der Waals surface area contributed by atoms with Crippen LogP contribution in [0.5, 0.6) is 5.75 Å². The Hall–Kier alpha value is -4.20. The van der Waals surface area contributed by atoms with E-state index in [1.54, 1.807) is 11.3 Å². The summed E-state index contributed by atoms with van der Waals surface area (Å²) < 4.78 is 13.2. The van der Waals surface area contributed by atoms with Crippen LogP contribution in [0.15, 0.2) is 95.6 Å². The summed E-state index contributed by atoms with van der Waals surface area (Å²) in [5.41, 5.74) is 4.47. The first kappa shape index (κ1) is 27.0. The summed E-state index contributed by atoms with van der Waals surface area (Å²) in [5.74, 6) is 1.57. The van der Waals surface area contributed by atoms with E-state index < -0.39 is 0 Å². The second-order valence-electron chi connectivity index (χ2n) is 9.60. The van der Waals surface area contributed by atoms with Gasteiger partial charge < -0.3 is 9.64 Å². The second-order valence-corrected chi connectivity index (χ2v) is 11.7. The molecule has 3 aromatic carbocycles. The van der Waals surface area contributed by atoms with Crippen LogP contribution in [0.3, 0.4) is 0 Å². The van der Waals surface area contributed by atoms with Gasteiger partial charge in [-0.15, -0.1) is 11.3 Å². The molecule has 1 aliphatic rings. The maximum absolute atomic E-state index is 13.5. The van der Waals surface area contributed by atoms with Gasteiger partial charge in [0, 0.05) is 31.3 Å². The van der Waals surface area contributed by atoms with Gasteiger partial charge in [-0.2, -0.15) is 4.57 Å². The minimum absolute atomic E-state index is 0.0112. The lowest BCUT2D eigenvalue weighted by atomic mass is 10.1. The van der Waals surface area contributed by atoms with Gasteiger partial charge in [0.1, 0.15) is 11.2 Å². The number of nitrogens with zero attached hydrogens (tertiary/aromatic N) is 3. The minimum atomic E-state index is 0.0112. The molecule has 0 fully saturated rings. The van der Waals surface area contributed by atoms with Crippen molar-refractivity contribution in [1.82, 2.24) is 4.57 Å². The van der Waals surface area contributed by atoms with Gasteiger partial charge in [0.15, 0.2) is 5.75 Å². The number of thiazole rings is 2. The standard InChI is InChI=1S/C34H32N3O2S2/c1-4-35-26-16-10-12-18-28(26)39-31(35)21-20-30-34(38)37(6-3)33(41-30)23-25(24-14-8-7-9-15-24)22-32-36(5-2)27-17-11-13-19-29(27)40-32/h7-23H,4-6H2,1-3H3/q+1. The fraction of sp³-hybridized carbons (Fsp3) is 0.176. The summed E-state index contributed by atoms with van der Waals surface area (Å²) in [4.78, 5) is 15.6. The average Bonchev–Trinajstić information content (AvgIpc) is 3.65. The quantitative estimate of drug-likeness (QED) is 0.222. The number of para-hydroxylation sites is 3. The van der Waals surface area contributed by atoms with Crippen LogP contribution in [0, 0.1) is 0 Å². The third-order valence-corrected chi connectivity index (χ3v) is 9.39. The van der Waals surface area contributed by atoms with Gasteiger partial charge in [-0.05, 0) is 62.3 Å². The topological polar surface area (TPSA) is 38.4 Å². The third kappa shape index (κ3) is 5.19. The second kappa shape index (κ2) is 11.7. The van der Waals surface area contributed by atoms with E-state index in [1.807, 2.05) is 47.9 Å². The summed E-state index contributed by atoms with van der Waals surface area (Å²) in [6.07, 6.45) is 8.21. The molecule has 0 bridgehead atoms. The van der Waals surface area contributed by atoms with Crippen molar-refractivity contribution < 1.29 is 9.30 Å². The van der Waals surface area contributed by atoms with Crippen molar-refractivity contribution in [2.75, 3.05) is 11.4 Å². The number of allylic oxidation sites excluding steroid dienone is 2. The van der Waals surface area contributed by atoms with E-state index in [0.717, 1.165) is 46.2 Å². The molecule has 0 saturated carbocycles. The Morgan fingerprint density at radius 3 is 2.41 bits per heavy atom. The number of ether oxygens (including phenoxy) is 1. The van der Waals surface area contributed by atoms with Crippen LogP contribution >= 0.6 is 22.7 Å². The molecule has 3 heterocycles. The summed E-state index contributed by atoms with van der Waals surface area (Å²) in [6.45, 7) is 8.54. The molecule has 1 aliphatic heterocycles. The van der Waals surface area contributed by atoms with Crippen molar-refractivity contribution in [2.24, 2.45) is 0 Å². The Morgan fingerprint density at radius 1 is 0.878 bits per heavy atom. The fourth-order valence-electron chi connectivity index (χ4n) is 5.20. The maximum Gasteiger partial charge on any atom is 0.269 e.